The van der Waals surface area contributed by atoms with E-state index in [9.17, 15) is 9.59 Å². The number of nitrogens with zero attached hydrogens (tertiary/aromatic N) is 1. The summed E-state index contributed by atoms with van der Waals surface area (Å²) >= 11 is 0. The van der Waals surface area contributed by atoms with Crippen molar-refractivity contribution < 1.29 is 9.90 Å². The van der Waals surface area contributed by atoms with Gasteiger partial charge in [0, 0.05) is 18.4 Å². The molecule has 5 heteroatoms. The predicted octanol–water partition coefficient (Wildman–Crippen LogP) is -0.867. The molecule has 0 spiro atoms. The highest BCUT2D eigenvalue weighted by molar-refractivity contribution is 6.33. The Morgan fingerprint density at radius 2 is 2.21 bits per heavy atom. The summed E-state index contributed by atoms with van der Waals surface area (Å²) in [5, 5.41) is 8.79. The summed E-state index contributed by atoms with van der Waals surface area (Å²) < 4.78 is 1.76. The minimum atomic E-state index is -1.17. The van der Waals surface area contributed by atoms with Crippen molar-refractivity contribution in [3.8, 4) is 0 Å². The molecule has 1 heterocycles. The summed E-state index contributed by atoms with van der Waals surface area (Å²) in [6.45, 7) is 4.38. The smallest absolute Gasteiger partial charge is 0.341 e. The molecule has 1 rings (SSSR count). The van der Waals surface area contributed by atoms with Gasteiger partial charge in [0.15, 0.2) is 5.43 Å². The summed E-state index contributed by atoms with van der Waals surface area (Å²) in [6, 6.07) is 0. The van der Waals surface area contributed by atoms with E-state index < -0.39 is 5.97 Å². The van der Waals surface area contributed by atoms with Crippen molar-refractivity contribution in [1.82, 2.24) is 4.57 Å². The molecule has 0 aliphatic heterocycles. The highest BCUT2D eigenvalue weighted by Crippen LogP contribution is 1.96. The Labute approximate surface area is 82.6 Å². The maximum Gasteiger partial charge on any atom is 0.341 e. The van der Waals surface area contributed by atoms with E-state index in [1.54, 1.807) is 12.4 Å². The topological polar surface area (TPSA) is 59.3 Å². The van der Waals surface area contributed by atoms with Crippen LogP contribution in [0.25, 0.3) is 0 Å². The first-order valence-corrected chi connectivity index (χ1v) is 4.43. The molecule has 0 amide bonds. The lowest BCUT2D eigenvalue weighted by molar-refractivity contribution is 0.0694. The van der Waals surface area contributed by atoms with Crippen LogP contribution in [0, 0.1) is 6.92 Å². The standard InChI is InChI=1S/C9H12BNO3/c1-3-11-4-6(9(13)14)8(12)7(10)5(11)2/h4H,3,10H2,1-2H3,(H,13,14). The van der Waals surface area contributed by atoms with Gasteiger partial charge in [0.2, 0.25) is 0 Å². The second kappa shape index (κ2) is 3.70. The summed E-state index contributed by atoms with van der Waals surface area (Å²) in [5.74, 6) is -1.17. The Kier molecular flexibility index (Phi) is 2.79. The van der Waals surface area contributed by atoms with Gasteiger partial charge >= 0.3 is 5.97 Å². The first kappa shape index (κ1) is 10.6. The summed E-state index contributed by atoms with van der Waals surface area (Å²) in [4.78, 5) is 22.2. The van der Waals surface area contributed by atoms with E-state index in [2.05, 4.69) is 0 Å². The fourth-order valence-electron chi connectivity index (χ4n) is 1.37. The molecule has 1 aromatic heterocycles. The zero-order valence-electron chi connectivity index (χ0n) is 8.50. The molecular weight excluding hydrogens is 181 g/mol. The Morgan fingerprint density at radius 3 is 2.64 bits per heavy atom. The lowest BCUT2D eigenvalue weighted by Crippen LogP contribution is -2.35. The van der Waals surface area contributed by atoms with Crippen LogP contribution in [-0.2, 0) is 6.54 Å². The van der Waals surface area contributed by atoms with E-state index in [1.165, 1.54) is 6.20 Å². The van der Waals surface area contributed by atoms with E-state index in [1.807, 2.05) is 13.8 Å². The van der Waals surface area contributed by atoms with Crippen LogP contribution in [0.3, 0.4) is 0 Å². The fraction of sp³-hybridized carbons (Fsp3) is 0.333. The number of carbonyl (C=O) groups is 1. The molecule has 0 fully saturated rings. The minimum Gasteiger partial charge on any atom is -0.477 e. The summed E-state index contributed by atoms with van der Waals surface area (Å²) in [7, 11) is 1.65. The molecule has 74 valence electrons. The quantitative estimate of drug-likeness (QED) is 0.621. The monoisotopic (exact) mass is 193 g/mol. The van der Waals surface area contributed by atoms with Gasteiger partial charge in [-0.3, -0.25) is 4.79 Å². The van der Waals surface area contributed by atoms with Crippen LogP contribution in [-0.4, -0.2) is 23.5 Å². The van der Waals surface area contributed by atoms with E-state index in [4.69, 9.17) is 5.11 Å². The number of pyridine rings is 1. The number of aromatic carboxylic acids is 1. The molecule has 1 N–H and O–H groups in total. The van der Waals surface area contributed by atoms with Crippen molar-refractivity contribution in [3.05, 3.63) is 27.7 Å². The highest BCUT2D eigenvalue weighted by atomic mass is 16.4. The van der Waals surface area contributed by atoms with E-state index in [0.717, 1.165) is 5.69 Å². The molecule has 0 saturated carbocycles. The Hall–Kier alpha value is -1.52. The van der Waals surface area contributed by atoms with Gasteiger partial charge in [-0.25, -0.2) is 4.79 Å². The largest absolute Gasteiger partial charge is 0.477 e. The van der Waals surface area contributed by atoms with E-state index in [0.29, 0.717) is 12.0 Å². The number of hydrogen-bond donors (Lipinski definition) is 1. The van der Waals surface area contributed by atoms with Crippen molar-refractivity contribution in [2.45, 2.75) is 20.4 Å². The SMILES string of the molecule is Bc1c(C)n(CC)cc(C(=O)O)c1=O. The van der Waals surface area contributed by atoms with Crippen molar-refractivity contribution >= 4 is 19.3 Å². The second-order valence-corrected chi connectivity index (χ2v) is 3.17. The molecule has 4 nitrogen and oxygen atoms in total. The number of aryl methyl sites for hydroxylation is 1. The average molecular weight is 193 g/mol. The minimum absolute atomic E-state index is 0.157. The molecule has 0 radical (unpaired) electrons. The molecule has 0 saturated heterocycles. The Bertz CT molecular complexity index is 436. The van der Waals surface area contributed by atoms with Gasteiger partial charge < -0.3 is 9.67 Å². The molecule has 1 aromatic rings. The zero-order chi connectivity index (χ0) is 10.9. The maximum atomic E-state index is 11.5. The predicted molar refractivity (Wildman–Crippen MR) is 56.3 cm³/mol. The van der Waals surface area contributed by atoms with Crippen molar-refractivity contribution in [2.75, 3.05) is 0 Å². The second-order valence-electron chi connectivity index (χ2n) is 3.17. The number of carboxylic acids is 1. The van der Waals surface area contributed by atoms with Crippen LogP contribution < -0.4 is 10.9 Å². The lowest BCUT2D eigenvalue weighted by atomic mass is 9.92. The van der Waals surface area contributed by atoms with Gasteiger partial charge in [0.05, 0.1) is 0 Å². The molecular formula is C9H12BNO3. The molecule has 0 bridgehead atoms. The van der Waals surface area contributed by atoms with Crippen LogP contribution in [0.5, 0.6) is 0 Å². The maximum absolute atomic E-state index is 11.5. The molecule has 0 aliphatic carbocycles. The lowest BCUT2D eigenvalue weighted by Gasteiger charge is -2.11. The third kappa shape index (κ3) is 1.57. The van der Waals surface area contributed by atoms with Crippen LogP contribution in [0.2, 0.25) is 0 Å². The zero-order valence-corrected chi connectivity index (χ0v) is 8.50. The van der Waals surface area contributed by atoms with Crippen molar-refractivity contribution in [3.63, 3.8) is 0 Å². The fourth-order valence-corrected chi connectivity index (χ4v) is 1.37. The first-order chi connectivity index (χ1) is 6.49. The van der Waals surface area contributed by atoms with Gasteiger partial charge in [-0.2, -0.15) is 0 Å². The summed E-state index contributed by atoms with van der Waals surface area (Å²) in [6.07, 6.45) is 1.40. The number of carboxylic acid groups (broad SMARTS) is 1. The van der Waals surface area contributed by atoms with Crippen LogP contribution in [0.1, 0.15) is 23.0 Å². The van der Waals surface area contributed by atoms with Crippen molar-refractivity contribution in [2.24, 2.45) is 0 Å². The van der Waals surface area contributed by atoms with Gasteiger partial charge in [0.1, 0.15) is 13.4 Å². The summed E-state index contributed by atoms with van der Waals surface area (Å²) in [5.41, 5.74) is 0.781. The number of hydrogen-bond acceptors (Lipinski definition) is 2. The normalized spacial score (nSPS) is 10.1. The van der Waals surface area contributed by atoms with Gasteiger partial charge in [-0.05, 0) is 19.3 Å². The van der Waals surface area contributed by atoms with Gasteiger partial charge in [-0.15, -0.1) is 0 Å². The third-order valence-corrected chi connectivity index (χ3v) is 2.41. The number of rotatable bonds is 2. The molecule has 0 unspecified atom stereocenters. The van der Waals surface area contributed by atoms with Gasteiger partial charge in [0.25, 0.3) is 0 Å². The first-order valence-electron chi connectivity index (χ1n) is 4.43. The van der Waals surface area contributed by atoms with E-state index in [-0.39, 0.29) is 11.0 Å². The molecule has 14 heavy (non-hydrogen) atoms. The highest BCUT2D eigenvalue weighted by Gasteiger charge is 2.13. The van der Waals surface area contributed by atoms with Crippen LogP contribution >= 0.6 is 0 Å². The number of aromatic nitrogens is 1. The van der Waals surface area contributed by atoms with Gasteiger partial charge in [-0.1, -0.05) is 0 Å². The Morgan fingerprint density at radius 1 is 1.64 bits per heavy atom. The Balaban J connectivity index is 3.57. The van der Waals surface area contributed by atoms with Crippen molar-refractivity contribution in [1.29, 1.82) is 0 Å². The average Bonchev–Trinajstić information content (AvgIpc) is 2.14. The van der Waals surface area contributed by atoms with E-state index >= 15 is 0 Å². The molecule has 0 aromatic carbocycles. The molecule has 0 aliphatic rings. The van der Waals surface area contributed by atoms with Crippen LogP contribution in [0.4, 0.5) is 0 Å². The van der Waals surface area contributed by atoms with Crippen LogP contribution in [0.15, 0.2) is 11.0 Å². The third-order valence-electron chi connectivity index (χ3n) is 2.41. The molecule has 0 atom stereocenters.